The molecule has 16 heavy (non-hydrogen) atoms. The standard InChI is InChI=1S/C11H14O4S/c1-15-10-4-2-3-9(7-10)8-16(14)6-5-11(12)13/h2-4,7H,5-6,8H2,1H3,(H,12,13). The summed E-state index contributed by atoms with van der Waals surface area (Å²) in [6.07, 6.45) is -0.0589. The van der Waals surface area contributed by atoms with Crippen LogP contribution in [0.5, 0.6) is 5.75 Å². The van der Waals surface area contributed by atoms with E-state index in [0.29, 0.717) is 11.5 Å². The number of hydrogen-bond donors (Lipinski definition) is 1. The molecule has 0 heterocycles. The van der Waals surface area contributed by atoms with E-state index in [0.717, 1.165) is 5.56 Å². The smallest absolute Gasteiger partial charge is 0.304 e. The molecule has 1 unspecified atom stereocenters. The fourth-order valence-electron chi connectivity index (χ4n) is 1.22. The van der Waals surface area contributed by atoms with Crippen molar-refractivity contribution in [3.8, 4) is 5.75 Å². The van der Waals surface area contributed by atoms with Crippen molar-refractivity contribution in [2.75, 3.05) is 12.9 Å². The summed E-state index contributed by atoms with van der Waals surface area (Å²) >= 11 is 0. The average molecular weight is 242 g/mol. The Morgan fingerprint density at radius 1 is 1.50 bits per heavy atom. The van der Waals surface area contributed by atoms with Crippen molar-refractivity contribution in [3.63, 3.8) is 0 Å². The predicted molar refractivity (Wildman–Crippen MR) is 62.0 cm³/mol. The van der Waals surface area contributed by atoms with E-state index in [9.17, 15) is 9.00 Å². The van der Waals surface area contributed by atoms with Gasteiger partial charge in [0.2, 0.25) is 0 Å². The van der Waals surface area contributed by atoms with E-state index >= 15 is 0 Å². The van der Waals surface area contributed by atoms with Crippen LogP contribution in [0.4, 0.5) is 0 Å². The molecule has 1 rings (SSSR count). The third kappa shape index (κ3) is 4.44. The molecule has 5 heteroatoms. The molecule has 1 aromatic carbocycles. The van der Waals surface area contributed by atoms with Crippen LogP contribution in [0.15, 0.2) is 24.3 Å². The predicted octanol–water partition coefficient (Wildman–Crippen LogP) is 1.42. The molecule has 0 aromatic heterocycles. The van der Waals surface area contributed by atoms with Crippen molar-refractivity contribution in [2.45, 2.75) is 12.2 Å². The normalized spacial score (nSPS) is 12.1. The van der Waals surface area contributed by atoms with Crippen LogP contribution >= 0.6 is 0 Å². The van der Waals surface area contributed by atoms with Crippen molar-refractivity contribution in [1.29, 1.82) is 0 Å². The highest BCUT2D eigenvalue weighted by atomic mass is 32.2. The molecule has 0 saturated heterocycles. The summed E-state index contributed by atoms with van der Waals surface area (Å²) in [6.45, 7) is 0. The number of aliphatic carboxylic acids is 1. The molecular formula is C11H14O4S. The van der Waals surface area contributed by atoms with Crippen molar-refractivity contribution < 1.29 is 18.8 Å². The third-order valence-corrected chi connectivity index (χ3v) is 3.32. The molecule has 0 saturated carbocycles. The maximum Gasteiger partial charge on any atom is 0.304 e. The summed E-state index contributed by atoms with van der Waals surface area (Å²) in [5.74, 6) is 0.350. The van der Waals surface area contributed by atoms with Gasteiger partial charge in [-0.25, -0.2) is 0 Å². The van der Waals surface area contributed by atoms with E-state index in [1.807, 2.05) is 18.2 Å². The first-order chi connectivity index (χ1) is 7.61. The van der Waals surface area contributed by atoms with Crippen LogP contribution < -0.4 is 4.74 Å². The van der Waals surface area contributed by atoms with Crippen molar-refractivity contribution in [1.82, 2.24) is 0 Å². The lowest BCUT2D eigenvalue weighted by Crippen LogP contribution is -2.06. The lowest BCUT2D eigenvalue weighted by molar-refractivity contribution is -0.136. The number of ether oxygens (including phenoxy) is 1. The molecule has 1 N–H and O–H groups in total. The molecule has 0 aliphatic heterocycles. The topological polar surface area (TPSA) is 63.6 Å². The highest BCUT2D eigenvalue weighted by Gasteiger charge is 2.05. The minimum Gasteiger partial charge on any atom is -0.497 e. The number of methoxy groups -OCH3 is 1. The second-order valence-electron chi connectivity index (χ2n) is 3.28. The molecule has 0 amide bonds. The molecule has 0 aliphatic carbocycles. The number of rotatable bonds is 6. The zero-order chi connectivity index (χ0) is 12.0. The SMILES string of the molecule is COc1cccc(CS(=O)CCC(=O)O)c1. The van der Waals surface area contributed by atoms with Gasteiger partial charge in [-0.3, -0.25) is 9.00 Å². The highest BCUT2D eigenvalue weighted by Crippen LogP contribution is 2.14. The maximum absolute atomic E-state index is 11.5. The number of benzene rings is 1. The second-order valence-corrected chi connectivity index (χ2v) is 4.86. The minimum absolute atomic E-state index is 0.0589. The fraction of sp³-hybridized carbons (Fsp3) is 0.364. The lowest BCUT2D eigenvalue weighted by atomic mass is 10.2. The molecule has 0 bridgehead atoms. The van der Waals surface area contributed by atoms with Crippen LogP contribution in [0.1, 0.15) is 12.0 Å². The van der Waals surface area contributed by atoms with Crippen LogP contribution in [0, 0.1) is 0 Å². The van der Waals surface area contributed by atoms with Crippen molar-refractivity contribution in [3.05, 3.63) is 29.8 Å². The van der Waals surface area contributed by atoms with Crippen LogP contribution in [-0.2, 0) is 21.3 Å². The Bertz CT molecular complexity index is 389. The first-order valence-electron chi connectivity index (χ1n) is 4.81. The molecule has 0 fully saturated rings. The zero-order valence-electron chi connectivity index (χ0n) is 9.01. The molecule has 0 aliphatic rings. The molecular weight excluding hydrogens is 228 g/mol. The van der Waals surface area contributed by atoms with Gasteiger partial charge in [0.1, 0.15) is 5.75 Å². The van der Waals surface area contributed by atoms with Crippen molar-refractivity contribution >= 4 is 16.8 Å². The van der Waals surface area contributed by atoms with Crippen LogP contribution in [0.2, 0.25) is 0 Å². The monoisotopic (exact) mass is 242 g/mol. The van der Waals surface area contributed by atoms with E-state index in [1.165, 1.54) is 0 Å². The van der Waals surface area contributed by atoms with Gasteiger partial charge < -0.3 is 9.84 Å². The largest absolute Gasteiger partial charge is 0.497 e. The van der Waals surface area contributed by atoms with Gasteiger partial charge >= 0.3 is 5.97 Å². The van der Waals surface area contributed by atoms with E-state index in [1.54, 1.807) is 13.2 Å². The van der Waals surface area contributed by atoms with Gasteiger partial charge in [-0.2, -0.15) is 0 Å². The number of carbonyl (C=O) groups is 1. The number of carboxylic acid groups (broad SMARTS) is 1. The van der Waals surface area contributed by atoms with Gasteiger partial charge in [-0.15, -0.1) is 0 Å². The lowest BCUT2D eigenvalue weighted by Gasteiger charge is -2.04. The first kappa shape index (κ1) is 12.7. The fourth-order valence-corrected chi connectivity index (χ4v) is 2.32. The van der Waals surface area contributed by atoms with E-state index in [2.05, 4.69) is 0 Å². The van der Waals surface area contributed by atoms with Gasteiger partial charge in [0, 0.05) is 22.3 Å². The minimum atomic E-state index is -1.14. The Morgan fingerprint density at radius 3 is 2.88 bits per heavy atom. The van der Waals surface area contributed by atoms with Gasteiger partial charge in [0.15, 0.2) is 0 Å². The Hall–Kier alpha value is -1.36. The third-order valence-electron chi connectivity index (χ3n) is 2.01. The molecule has 1 atom stereocenters. The number of hydrogen-bond acceptors (Lipinski definition) is 3. The van der Waals surface area contributed by atoms with E-state index in [-0.39, 0.29) is 12.2 Å². The van der Waals surface area contributed by atoms with Gasteiger partial charge in [-0.1, -0.05) is 12.1 Å². The Balaban J connectivity index is 2.52. The van der Waals surface area contributed by atoms with Gasteiger partial charge in [-0.05, 0) is 17.7 Å². The molecule has 0 radical (unpaired) electrons. The second kappa shape index (κ2) is 6.27. The Morgan fingerprint density at radius 2 is 2.25 bits per heavy atom. The Labute approximate surface area is 96.7 Å². The van der Waals surface area contributed by atoms with Crippen LogP contribution in [0.3, 0.4) is 0 Å². The van der Waals surface area contributed by atoms with Crippen molar-refractivity contribution in [2.24, 2.45) is 0 Å². The van der Waals surface area contributed by atoms with Gasteiger partial charge in [0.25, 0.3) is 0 Å². The molecule has 4 nitrogen and oxygen atoms in total. The van der Waals surface area contributed by atoms with Crippen LogP contribution in [0.25, 0.3) is 0 Å². The highest BCUT2D eigenvalue weighted by molar-refractivity contribution is 7.84. The van der Waals surface area contributed by atoms with Crippen LogP contribution in [-0.4, -0.2) is 28.1 Å². The summed E-state index contributed by atoms with van der Waals surface area (Å²) in [6, 6.07) is 7.28. The molecule has 88 valence electrons. The van der Waals surface area contributed by atoms with E-state index in [4.69, 9.17) is 9.84 Å². The van der Waals surface area contributed by atoms with E-state index < -0.39 is 16.8 Å². The molecule has 0 spiro atoms. The average Bonchev–Trinajstić information content (AvgIpc) is 2.26. The quantitative estimate of drug-likeness (QED) is 0.819. The summed E-state index contributed by atoms with van der Waals surface area (Å²) < 4.78 is 16.6. The first-order valence-corrected chi connectivity index (χ1v) is 6.30. The summed E-state index contributed by atoms with van der Waals surface area (Å²) in [5.41, 5.74) is 0.892. The number of carboxylic acids is 1. The Kier molecular flexibility index (Phi) is 4.98. The zero-order valence-corrected chi connectivity index (χ0v) is 9.83. The summed E-state index contributed by atoms with van der Waals surface area (Å²) in [5, 5.41) is 8.46. The molecule has 1 aromatic rings. The summed E-state index contributed by atoms with van der Waals surface area (Å²) in [4.78, 5) is 10.3. The van der Waals surface area contributed by atoms with Gasteiger partial charge in [0.05, 0.1) is 13.5 Å². The maximum atomic E-state index is 11.5. The summed E-state index contributed by atoms with van der Waals surface area (Å²) in [7, 11) is 0.432.